The van der Waals surface area contributed by atoms with Crippen molar-refractivity contribution in [2.75, 3.05) is 10.6 Å². The van der Waals surface area contributed by atoms with Gasteiger partial charge in [-0.15, -0.1) is 11.3 Å². The number of aromatic nitrogens is 2. The van der Waals surface area contributed by atoms with Crippen LogP contribution in [0.15, 0.2) is 42.5 Å². The maximum Gasteiger partial charge on any atom is 0.325 e. The Morgan fingerprint density at radius 1 is 1.17 bits per heavy atom. The maximum absolute atomic E-state index is 12.2. The molecule has 0 aliphatic carbocycles. The number of carbonyl (C=O) groups excluding carboxylic acids is 1. The molecule has 0 aliphatic rings. The SMILES string of the molecule is Cc1cc(NC(=O)Nc2cc(Cl)c(Cl)s2)n(-c2ccccc2)n1. The molecule has 2 amide bonds. The molecule has 8 heteroatoms. The van der Waals surface area contributed by atoms with Gasteiger partial charge in [-0.05, 0) is 25.1 Å². The van der Waals surface area contributed by atoms with Crippen molar-refractivity contribution in [1.82, 2.24) is 9.78 Å². The second-order valence-corrected chi connectivity index (χ2v) is 6.79. The lowest BCUT2D eigenvalue weighted by Gasteiger charge is -2.09. The zero-order chi connectivity index (χ0) is 16.4. The van der Waals surface area contributed by atoms with Crippen LogP contribution in [0.3, 0.4) is 0 Å². The number of amides is 2. The van der Waals surface area contributed by atoms with Crippen LogP contribution >= 0.6 is 34.5 Å². The Balaban J connectivity index is 1.79. The Kier molecular flexibility index (Phi) is 4.56. The monoisotopic (exact) mass is 366 g/mol. The Bertz CT molecular complexity index is 825. The lowest BCUT2D eigenvalue weighted by atomic mass is 10.3. The van der Waals surface area contributed by atoms with E-state index in [2.05, 4.69) is 15.7 Å². The summed E-state index contributed by atoms with van der Waals surface area (Å²) in [7, 11) is 0. The van der Waals surface area contributed by atoms with E-state index < -0.39 is 6.03 Å². The van der Waals surface area contributed by atoms with Crippen molar-refractivity contribution in [3.8, 4) is 5.69 Å². The predicted molar refractivity (Wildman–Crippen MR) is 95.3 cm³/mol. The molecule has 5 nitrogen and oxygen atoms in total. The van der Waals surface area contributed by atoms with Crippen LogP contribution in [-0.4, -0.2) is 15.8 Å². The summed E-state index contributed by atoms with van der Waals surface area (Å²) in [6, 6.07) is 12.6. The minimum Gasteiger partial charge on any atom is -0.299 e. The van der Waals surface area contributed by atoms with Gasteiger partial charge in [-0.25, -0.2) is 9.48 Å². The smallest absolute Gasteiger partial charge is 0.299 e. The van der Waals surface area contributed by atoms with E-state index in [1.54, 1.807) is 16.8 Å². The Labute approximate surface area is 146 Å². The number of rotatable bonds is 3. The Morgan fingerprint density at radius 3 is 2.57 bits per heavy atom. The molecule has 118 valence electrons. The summed E-state index contributed by atoms with van der Waals surface area (Å²) >= 11 is 13.0. The van der Waals surface area contributed by atoms with Crippen LogP contribution in [0, 0.1) is 6.92 Å². The highest BCUT2D eigenvalue weighted by Crippen LogP contribution is 2.35. The molecule has 0 saturated carbocycles. The second-order valence-electron chi connectivity index (χ2n) is 4.73. The number of thiophene rings is 1. The van der Waals surface area contributed by atoms with Gasteiger partial charge in [-0.2, -0.15) is 5.10 Å². The molecule has 1 aromatic carbocycles. The number of hydrogen-bond acceptors (Lipinski definition) is 3. The fraction of sp³-hybridized carbons (Fsp3) is 0.0667. The lowest BCUT2D eigenvalue weighted by Crippen LogP contribution is -2.20. The molecular weight excluding hydrogens is 355 g/mol. The van der Waals surface area contributed by atoms with Crippen molar-refractivity contribution in [2.45, 2.75) is 6.92 Å². The number of urea groups is 1. The topological polar surface area (TPSA) is 59.0 Å². The van der Waals surface area contributed by atoms with Gasteiger partial charge in [-0.1, -0.05) is 41.4 Å². The summed E-state index contributed by atoms with van der Waals surface area (Å²) in [5.74, 6) is 0.569. The van der Waals surface area contributed by atoms with E-state index in [4.69, 9.17) is 23.2 Å². The van der Waals surface area contributed by atoms with E-state index in [1.807, 2.05) is 37.3 Å². The minimum atomic E-state index is -0.392. The molecule has 3 rings (SSSR count). The van der Waals surface area contributed by atoms with Crippen molar-refractivity contribution in [3.05, 3.63) is 57.5 Å². The molecule has 0 unspecified atom stereocenters. The summed E-state index contributed by atoms with van der Waals surface area (Å²) < 4.78 is 2.11. The molecule has 0 radical (unpaired) electrons. The number of benzene rings is 1. The van der Waals surface area contributed by atoms with E-state index in [9.17, 15) is 4.79 Å². The summed E-state index contributed by atoms with van der Waals surface area (Å²) in [5, 5.41) is 10.9. The van der Waals surface area contributed by atoms with Crippen LogP contribution in [0.1, 0.15) is 5.69 Å². The fourth-order valence-corrected chi connectivity index (χ4v) is 3.29. The highest BCUT2D eigenvalue weighted by molar-refractivity contribution is 7.20. The number of para-hydroxylation sites is 1. The van der Waals surface area contributed by atoms with E-state index in [-0.39, 0.29) is 0 Å². The normalized spacial score (nSPS) is 10.6. The molecule has 0 aliphatic heterocycles. The van der Waals surface area contributed by atoms with E-state index in [1.165, 1.54) is 11.3 Å². The third-order valence-electron chi connectivity index (χ3n) is 2.96. The van der Waals surface area contributed by atoms with Gasteiger partial charge in [0.1, 0.15) is 10.2 Å². The Morgan fingerprint density at radius 2 is 1.91 bits per heavy atom. The van der Waals surface area contributed by atoms with Crippen molar-refractivity contribution in [3.63, 3.8) is 0 Å². The van der Waals surface area contributed by atoms with Gasteiger partial charge in [0.2, 0.25) is 0 Å². The largest absolute Gasteiger partial charge is 0.325 e. The first kappa shape index (κ1) is 15.9. The number of aryl methyl sites for hydroxylation is 1. The van der Waals surface area contributed by atoms with Crippen LogP contribution in [0.5, 0.6) is 0 Å². The quantitative estimate of drug-likeness (QED) is 0.669. The summed E-state index contributed by atoms with van der Waals surface area (Å²) in [6.45, 7) is 1.86. The number of carbonyl (C=O) groups is 1. The van der Waals surface area contributed by atoms with E-state index in [0.29, 0.717) is 20.2 Å². The molecular formula is C15H12Cl2N4OS. The van der Waals surface area contributed by atoms with Gasteiger partial charge in [0.15, 0.2) is 0 Å². The van der Waals surface area contributed by atoms with Gasteiger partial charge in [0, 0.05) is 6.07 Å². The van der Waals surface area contributed by atoms with Crippen molar-refractivity contribution >= 4 is 51.4 Å². The minimum absolute atomic E-state index is 0.392. The van der Waals surface area contributed by atoms with Crippen LogP contribution in [0.4, 0.5) is 15.6 Å². The van der Waals surface area contributed by atoms with Gasteiger partial charge in [0.25, 0.3) is 0 Å². The first-order valence-electron chi connectivity index (χ1n) is 6.68. The van der Waals surface area contributed by atoms with Crippen LogP contribution < -0.4 is 10.6 Å². The third-order valence-corrected chi connectivity index (χ3v) is 4.74. The van der Waals surface area contributed by atoms with Crippen molar-refractivity contribution in [2.24, 2.45) is 0 Å². The number of nitrogens with zero attached hydrogens (tertiary/aromatic N) is 2. The first-order valence-corrected chi connectivity index (χ1v) is 8.25. The van der Waals surface area contributed by atoms with Gasteiger partial charge >= 0.3 is 6.03 Å². The molecule has 23 heavy (non-hydrogen) atoms. The van der Waals surface area contributed by atoms with Gasteiger partial charge in [0.05, 0.1) is 21.4 Å². The highest BCUT2D eigenvalue weighted by atomic mass is 35.5. The van der Waals surface area contributed by atoms with E-state index >= 15 is 0 Å². The molecule has 2 N–H and O–H groups in total. The zero-order valence-electron chi connectivity index (χ0n) is 12.0. The Hall–Kier alpha value is -2.02. The van der Waals surface area contributed by atoms with Crippen LogP contribution in [0.25, 0.3) is 5.69 Å². The highest BCUT2D eigenvalue weighted by Gasteiger charge is 2.12. The average Bonchev–Trinajstić information content (AvgIpc) is 3.02. The molecule has 0 saturated heterocycles. The number of halogens is 2. The molecule has 2 aromatic heterocycles. The lowest BCUT2D eigenvalue weighted by molar-refractivity contribution is 0.262. The number of nitrogens with one attached hydrogen (secondary N) is 2. The summed E-state index contributed by atoms with van der Waals surface area (Å²) in [6.07, 6.45) is 0. The maximum atomic E-state index is 12.2. The molecule has 2 heterocycles. The first-order chi connectivity index (χ1) is 11.0. The third kappa shape index (κ3) is 3.67. The average molecular weight is 367 g/mol. The summed E-state index contributed by atoms with van der Waals surface area (Å²) in [5.41, 5.74) is 1.66. The standard InChI is InChI=1S/C15H12Cl2N4OS/c1-9-7-12(21(20-9)10-5-3-2-4-6-10)18-15(22)19-13-8-11(16)14(17)23-13/h2-8H,1H3,(H2,18,19,22). The number of anilines is 2. The molecule has 0 atom stereocenters. The van der Waals surface area contributed by atoms with E-state index in [0.717, 1.165) is 11.4 Å². The van der Waals surface area contributed by atoms with Crippen molar-refractivity contribution < 1.29 is 4.79 Å². The summed E-state index contributed by atoms with van der Waals surface area (Å²) in [4.78, 5) is 12.2. The predicted octanol–water partition coefficient (Wildman–Crippen LogP) is 5.19. The molecule has 0 spiro atoms. The van der Waals surface area contributed by atoms with Crippen molar-refractivity contribution in [1.29, 1.82) is 0 Å². The number of hydrogen-bond donors (Lipinski definition) is 2. The van der Waals surface area contributed by atoms with Crippen LogP contribution in [0.2, 0.25) is 9.36 Å². The fourth-order valence-electron chi connectivity index (χ4n) is 2.02. The molecule has 0 fully saturated rings. The second kappa shape index (κ2) is 6.62. The van der Waals surface area contributed by atoms with Gasteiger partial charge < -0.3 is 0 Å². The molecule has 0 bridgehead atoms. The van der Waals surface area contributed by atoms with Gasteiger partial charge in [-0.3, -0.25) is 10.6 Å². The molecule has 3 aromatic rings. The zero-order valence-corrected chi connectivity index (χ0v) is 14.3. The van der Waals surface area contributed by atoms with Crippen LogP contribution in [-0.2, 0) is 0 Å².